The van der Waals surface area contributed by atoms with E-state index in [1.807, 2.05) is 18.5 Å². The zero-order valence-corrected chi connectivity index (χ0v) is 12.6. The molecule has 0 aliphatic carbocycles. The van der Waals surface area contributed by atoms with Crippen LogP contribution < -0.4 is 5.73 Å². The van der Waals surface area contributed by atoms with Gasteiger partial charge in [0.1, 0.15) is 0 Å². The molecule has 0 spiro atoms. The van der Waals surface area contributed by atoms with Crippen LogP contribution in [0.15, 0.2) is 48.8 Å². The summed E-state index contributed by atoms with van der Waals surface area (Å²) in [5.41, 5.74) is 11.3. The predicted molar refractivity (Wildman–Crippen MR) is 87.4 cm³/mol. The van der Waals surface area contributed by atoms with E-state index < -0.39 is 0 Å². The van der Waals surface area contributed by atoms with Crippen LogP contribution in [0.4, 0.5) is 0 Å². The summed E-state index contributed by atoms with van der Waals surface area (Å²) in [6, 6.07) is 12.7. The molecule has 0 fully saturated rings. The number of nitrogens with zero attached hydrogens (tertiary/aromatic N) is 2. The third-order valence-electron chi connectivity index (χ3n) is 4.35. The lowest BCUT2D eigenvalue weighted by Crippen LogP contribution is -2.16. The number of aromatic nitrogens is 2. The van der Waals surface area contributed by atoms with E-state index in [9.17, 15) is 0 Å². The first-order valence-electron chi connectivity index (χ1n) is 7.35. The number of fused-ring (bicyclic) bond motifs is 1. The molecule has 21 heavy (non-hydrogen) atoms. The van der Waals surface area contributed by atoms with Gasteiger partial charge in [0.05, 0.1) is 0 Å². The Labute approximate surface area is 125 Å². The number of aryl methyl sites for hydroxylation is 1. The zero-order valence-electron chi connectivity index (χ0n) is 12.6. The summed E-state index contributed by atoms with van der Waals surface area (Å²) < 4.78 is 2.26. The Morgan fingerprint density at radius 2 is 2.00 bits per heavy atom. The van der Waals surface area contributed by atoms with E-state index in [1.165, 1.54) is 27.7 Å². The van der Waals surface area contributed by atoms with Crippen LogP contribution in [-0.2, 0) is 13.5 Å². The summed E-state index contributed by atoms with van der Waals surface area (Å²) >= 11 is 0. The lowest BCUT2D eigenvalue weighted by molar-refractivity contribution is 0.687. The Morgan fingerprint density at radius 3 is 2.71 bits per heavy atom. The normalized spacial score (nSPS) is 12.7. The van der Waals surface area contributed by atoms with Gasteiger partial charge >= 0.3 is 0 Å². The molecule has 0 amide bonds. The molecule has 2 N–H and O–H groups in total. The van der Waals surface area contributed by atoms with Crippen molar-refractivity contribution in [3.8, 4) is 0 Å². The smallest absolute Gasteiger partial charge is 0.0482 e. The van der Waals surface area contributed by atoms with E-state index in [-0.39, 0.29) is 0 Å². The first-order valence-corrected chi connectivity index (χ1v) is 7.35. The lowest BCUT2D eigenvalue weighted by Gasteiger charge is -2.16. The van der Waals surface area contributed by atoms with E-state index >= 15 is 0 Å². The van der Waals surface area contributed by atoms with Gasteiger partial charge in [0.15, 0.2) is 0 Å². The third-order valence-corrected chi connectivity index (χ3v) is 4.35. The highest BCUT2D eigenvalue weighted by molar-refractivity contribution is 5.86. The van der Waals surface area contributed by atoms with E-state index in [4.69, 9.17) is 5.73 Å². The molecule has 0 aliphatic heterocycles. The van der Waals surface area contributed by atoms with Crippen molar-refractivity contribution in [2.75, 3.05) is 6.54 Å². The van der Waals surface area contributed by atoms with Crippen LogP contribution >= 0.6 is 0 Å². The van der Waals surface area contributed by atoms with Crippen LogP contribution in [0, 0.1) is 6.92 Å². The molecular weight excluding hydrogens is 258 g/mol. The maximum absolute atomic E-state index is 6.09. The Balaban J connectivity index is 2.07. The largest absolute Gasteiger partial charge is 0.348 e. The summed E-state index contributed by atoms with van der Waals surface area (Å²) in [6.45, 7) is 2.82. The summed E-state index contributed by atoms with van der Waals surface area (Å²) in [5, 5.41) is 1.32. The van der Waals surface area contributed by atoms with Crippen molar-refractivity contribution in [3.05, 3.63) is 65.6 Å². The molecule has 0 bridgehead atoms. The van der Waals surface area contributed by atoms with Gasteiger partial charge in [0.2, 0.25) is 0 Å². The van der Waals surface area contributed by atoms with Gasteiger partial charge in [0, 0.05) is 42.0 Å². The van der Waals surface area contributed by atoms with Gasteiger partial charge in [-0.1, -0.05) is 24.3 Å². The summed E-state index contributed by atoms with van der Waals surface area (Å²) in [4.78, 5) is 4.21. The summed E-state index contributed by atoms with van der Waals surface area (Å²) in [5.74, 6) is 0.320. The molecule has 3 rings (SSSR count). The van der Waals surface area contributed by atoms with E-state index in [1.54, 1.807) is 0 Å². The molecular formula is C18H21N3. The number of pyridine rings is 1. The van der Waals surface area contributed by atoms with Crippen molar-refractivity contribution in [2.24, 2.45) is 12.8 Å². The Bertz CT molecular complexity index is 744. The van der Waals surface area contributed by atoms with Crippen molar-refractivity contribution in [1.82, 2.24) is 9.55 Å². The molecule has 0 saturated heterocycles. The molecule has 1 aromatic carbocycles. The van der Waals surface area contributed by atoms with Crippen LogP contribution in [0.25, 0.3) is 10.9 Å². The lowest BCUT2D eigenvalue weighted by atomic mass is 9.90. The van der Waals surface area contributed by atoms with E-state index in [0.29, 0.717) is 12.5 Å². The fourth-order valence-corrected chi connectivity index (χ4v) is 3.17. The van der Waals surface area contributed by atoms with Gasteiger partial charge in [-0.2, -0.15) is 0 Å². The third kappa shape index (κ3) is 2.45. The van der Waals surface area contributed by atoms with Crippen molar-refractivity contribution in [3.63, 3.8) is 0 Å². The monoisotopic (exact) mass is 279 g/mol. The number of rotatable bonds is 4. The molecule has 3 aromatic rings. The van der Waals surface area contributed by atoms with Crippen LogP contribution in [0.1, 0.15) is 22.7 Å². The number of nitrogens with two attached hydrogens (primary N) is 1. The molecule has 0 saturated carbocycles. The first-order chi connectivity index (χ1) is 10.2. The van der Waals surface area contributed by atoms with Crippen molar-refractivity contribution >= 4 is 10.9 Å². The van der Waals surface area contributed by atoms with Crippen molar-refractivity contribution < 1.29 is 0 Å². The average molecular weight is 279 g/mol. The van der Waals surface area contributed by atoms with Crippen LogP contribution in [0.3, 0.4) is 0 Å². The van der Waals surface area contributed by atoms with Gasteiger partial charge in [-0.05, 0) is 43.1 Å². The van der Waals surface area contributed by atoms with Crippen LogP contribution in [0.2, 0.25) is 0 Å². The minimum atomic E-state index is 0.320. The Hall–Kier alpha value is -2.13. The first kappa shape index (κ1) is 13.8. The maximum Gasteiger partial charge on any atom is 0.0482 e. The fraction of sp³-hybridized carbons (Fsp3) is 0.278. The predicted octanol–water partition coefficient (Wildman–Crippen LogP) is 3.17. The van der Waals surface area contributed by atoms with Gasteiger partial charge in [-0.25, -0.2) is 0 Å². The molecule has 0 radical (unpaired) electrons. The second kappa shape index (κ2) is 5.70. The summed E-state index contributed by atoms with van der Waals surface area (Å²) in [6.07, 6.45) is 4.67. The number of para-hydroxylation sites is 1. The van der Waals surface area contributed by atoms with Gasteiger partial charge in [-0.15, -0.1) is 0 Å². The highest BCUT2D eigenvalue weighted by atomic mass is 14.9. The number of benzene rings is 1. The maximum atomic E-state index is 6.09. The van der Waals surface area contributed by atoms with Crippen LogP contribution in [0.5, 0.6) is 0 Å². The van der Waals surface area contributed by atoms with E-state index in [0.717, 1.165) is 6.42 Å². The highest BCUT2D eigenvalue weighted by Crippen LogP contribution is 2.32. The number of hydrogen-bond acceptors (Lipinski definition) is 2. The Morgan fingerprint density at radius 1 is 1.19 bits per heavy atom. The molecule has 1 unspecified atom stereocenters. The molecule has 3 heteroatoms. The molecule has 0 aliphatic rings. The average Bonchev–Trinajstić information content (AvgIpc) is 2.78. The van der Waals surface area contributed by atoms with Gasteiger partial charge in [-0.3, -0.25) is 4.98 Å². The fourth-order valence-electron chi connectivity index (χ4n) is 3.17. The number of hydrogen-bond donors (Lipinski definition) is 1. The van der Waals surface area contributed by atoms with Crippen molar-refractivity contribution in [2.45, 2.75) is 19.3 Å². The quantitative estimate of drug-likeness (QED) is 0.797. The zero-order chi connectivity index (χ0) is 14.8. The topological polar surface area (TPSA) is 43.8 Å². The Kier molecular flexibility index (Phi) is 3.76. The van der Waals surface area contributed by atoms with Gasteiger partial charge < -0.3 is 10.3 Å². The van der Waals surface area contributed by atoms with Crippen molar-refractivity contribution in [1.29, 1.82) is 0 Å². The molecule has 3 nitrogen and oxygen atoms in total. The highest BCUT2D eigenvalue weighted by Gasteiger charge is 2.20. The second-order valence-electron chi connectivity index (χ2n) is 5.57. The summed E-state index contributed by atoms with van der Waals surface area (Å²) in [7, 11) is 2.12. The second-order valence-corrected chi connectivity index (χ2v) is 5.57. The minimum Gasteiger partial charge on any atom is -0.348 e. The standard InChI is InChI=1S/C18H21N3/c1-13-18(16-7-3-4-8-17(16)21(13)2)15(11-19)10-14-6-5-9-20-12-14/h3-9,12,15H,10-11,19H2,1-2H3. The van der Waals surface area contributed by atoms with Crippen LogP contribution in [-0.4, -0.2) is 16.1 Å². The molecule has 2 aromatic heterocycles. The molecule has 1 atom stereocenters. The molecule has 2 heterocycles. The SMILES string of the molecule is Cc1c(C(CN)Cc2cccnc2)c2ccccc2n1C. The van der Waals surface area contributed by atoms with E-state index in [2.05, 4.69) is 53.9 Å². The molecule has 108 valence electrons. The minimum absolute atomic E-state index is 0.320. The van der Waals surface area contributed by atoms with Gasteiger partial charge in [0.25, 0.3) is 0 Å².